The summed E-state index contributed by atoms with van der Waals surface area (Å²) in [6.45, 7) is 1.89. The van der Waals surface area contributed by atoms with Gasteiger partial charge in [-0.25, -0.2) is 0 Å². The molecule has 0 saturated carbocycles. The fraction of sp³-hybridized carbons (Fsp3) is 0.211. The van der Waals surface area contributed by atoms with Gasteiger partial charge in [-0.15, -0.1) is 0 Å². The lowest BCUT2D eigenvalue weighted by atomic mass is 10.0. The number of aliphatic hydroxyl groups is 1. The van der Waals surface area contributed by atoms with E-state index in [4.69, 9.17) is 0 Å². The monoisotopic (exact) mass is 295 g/mol. The van der Waals surface area contributed by atoms with Gasteiger partial charge in [0.15, 0.2) is 0 Å². The number of carbonyl (C=O) groups excluding carboxylic acids is 1. The summed E-state index contributed by atoms with van der Waals surface area (Å²) in [6.07, 6.45) is 3.19. The van der Waals surface area contributed by atoms with Gasteiger partial charge in [0.05, 0.1) is 6.10 Å². The zero-order valence-corrected chi connectivity index (χ0v) is 12.6. The highest BCUT2D eigenvalue weighted by Gasteiger charge is 2.13. The first kappa shape index (κ1) is 16.0. The first-order valence-electron chi connectivity index (χ1n) is 7.42. The molecular weight excluding hydrogens is 274 g/mol. The molecule has 0 bridgehead atoms. The predicted molar refractivity (Wildman–Crippen MR) is 89.1 cm³/mol. The molecule has 0 aromatic heterocycles. The van der Waals surface area contributed by atoms with Crippen LogP contribution in [0.3, 0.4) is 0 Å². The zero-order chi connectivity index (χ0) is 15.8. The molecule has 2 rings (SSSR count). The van der Waals surface area contributed by atoms with Crippen LogP contribution in [0.1, 0.15) is 30.6 Å². The Morgan fingerprint density at radius 1 is 1.09 bits per heavy atom. The van der Waals surface area contributed by atoms with Crippen LogP contribution >= 0.6 is 0 Å². The molecule has 0 aliphatic carbocycles. The van der Waals surface area contributed by atoms with Crippen molar-refractivity contribution in [3.8, 4) is 0 Å². The summed E-state index contributed by atoms with van der Waals surface area (Å²) in [5, 5.41) is 13.0. The van der Waals surface area contributed by atoms with Crippen molar-refractivity contribution in [1.29, 1.82) is 0 Å². The number of aliphatic hydroxyl groups excluding tert-OH is 1. The Balaban J connectivity index is 1.82. The molecule has 0 saturated heterocycles. The van der Waals surface area contributed by atoms with Gasteiger partial charge < -0.3 is 10.4 Å². The van der Waals surface area contributed by atoms with Crippen LogP contribution in [0.4, 0.5) is 0 Å². The maximum absolute atomic E-state index is 11.9. The van der Waals surface area contributed by atoms with E-state index in [0.717, 1.165) is 11.1 Å². The van der Waals surface area contributed by atoms with Crippen molar-refractivity contribution >= 4 is 12.0 Å². The molecule has 0 radical (unpaired) electrons. The third-order valence-corrected chi connectivity index (χ3v) is 3.38. The van der Waals surface area contributed by atoms with E-state index in [0.29, 0.717) is 6.42 Å². The first-order valence-corrected chi connectivity index (χ1v) is 7.42. The zero-order valence-electron chi connectivity index (χ0n) is 12.6. The summed E-state index contributed by atoms with van der Waals surface area (Å²) < 4.78 is 0. The average molecular weight is 295 g/mol. The van der Waals surface area contributed by atoms with Gasteiger partial charge >= 0.3 is 0 Å². The molecule has 2 unspecified atom stereocenters. The smallest absolute Gasteiger partial charge is 0.244 e. The van der Waals surface area contributed by atoms with Crippen molar-refractivity contribution in [2.75, 3.05) is 0 Å². The van der Waals surface area contributed by atoms with Gasteiger partial charge in [-0.2, -0.15) is 0 Å². The third kappa shape index (κ3) is 5.19. The standard InChI is InChI=1S/C19H21NO2/c1-15(14-18(21)17-10-6-3-7-11-17)20-19(22)13-12-16-8-4-2-5-9-16/h2-13,15,18,21H,14H2,1H3,(H,20,22)/b13-12+. The van der Waals surface area contributed by atoms with Crippen LogP contribution in [-0.4, -0.2) is 17.1 Å². The Morgan fingerprint density at radius 3 is 2.32 bits per heavy atom. The molecule has 114 valence electrons. The molecule has 0 aliphatic rings. The van der Waals surface area contributed by atoms with Crippen molar-refractivity contribution < 1.29 is 9.90 Å². The van der Waals surface area contributed by atoms with Crippen LogP contribution < -0.4 is 5.32 Å². The van der Waals surface area contributed by atoms with E-state index in [1.54, 1.807) is 6.08 Å². The molecule has 22 heavy (non-hydrogen) atoms. The maximum atomic E-state index is 11.9. The van der Waals surface area contributed by atoms with E-state index in [9.17, 15) is 9.90 Å². The van der Waals surface area contributed by atoms with E-state index >= 15 is 0 Å². The van der Waals surface area contributed by atoms with Crippen molar-refractivity contribution in [1.82, 2.24) is 5.32 Å². The number of nitrogens with one attached hydrogen (secondary N) is 1. The molecule has 3 heteroatoms. The molecular formula is C19H21NO2. The summed E-state index contributed by atoms with van der Waals surface area (Å²) in [6, 6.07) is 19.0. The highest BCUT2D eigenvalue weighted by atomic mass is 16.3. The van der Waals surface area contributed by atoms with E-state index < -0.39 is 6.10 Å². The van der Waals surface area contributed by atoms with Crippen molar-refractivity contribution in [3.63, 3.8) is 0 Å². The van der Waals surface area contributed by atoms with Crippen molar-refractivity contribution in [3.05, 3.63) is 77.9 Å². The summed E-state index contributed by atoms with van der Waals surface area (Å²) in [4.78, 5) is 11.9. The molecule has 1 amide bonds. The number of hydrogen-bond donors (Lipinski definition) is 2. The number of hydrogen-bond acceptors (Lipinski definition) is 2. The normalized spacial score (nSPS) is 13.7. The van der Waals surface area contributed by atoms with Crippen LogP contribution in [0.2, 0.25) is 0 Å². The fourth-order valence-electron chi connectivity index (χ4n) is 2.23. The molecule has 2 aromatic rings. The fourth-order valence-corrected chi connectivity index (χ4v) is 2.23. The number of benzene rings is 2. The largest absolute Gasteiger partial charge is 0.388 e. The predicted octanol–water partition coefficient (Wildman–Crippen LogP) is 3.33. The molecule has 3 nitrogen and oxygen atoms in total. The molecule has 2 atom stereocenters. The van der Waals surface area contributed by atoms with E-state index in [-0.39, 0.29) is 11.9 Å². The van der Waals surface area contributed by atoms with Gasteiger partial charge in [0.25, 0.3) is 0 Å². The van der Waals surface area contributed by atoms with Crippen molar-refractivity contribution in [2.24, 2.45) is 0 Å². The summed E-state index contributed by atoms with van der Waals surface area (Å²) in [7, 11) is 0. The highest BCUT2D eigenvalue weighted by molar-refractivity contribution is 5.91. The van der Waals surface area contributed by atoms with Crippen molar-refractivity contribution in [2.45, 2.75) is 25.5 Å². The average Bonchev–Trinajstić information content (AvgIpc) is 2.54. The van der Waals surface area contributed by atoms with Crippen LogP contribution in [0.15, 0.2) is 66.7 Å². The van der Waals surface area contributed by atoms with Crippen LogP contribution in [-0.2, 0) is 4.79 Å². The molecule has 0 spiro atoms. The number of carbonyl (C=O) groups is 1. The lowest BCUT2D eigenvalue weighted by molar-refractivity contribution is -0.117. The Labute approximate surface area is 131 Å². The van der Waals surface area contributed by atoms with Gasteiger partial charge in [-0.05, 0) is 30.5 Å². The van der Waals surface area contributed by atoms with E-state index in [2.05, 4.69) is 5.32 Å². The minimum atomic E-state index is -0.574. The molecule has 2 aromatic carbocycles. The maximum Gasteiger partial charge on any atom is 0.244 e. The molecule has 0 aliphatic heterocycles. The lowest BCUT2D eigenvalue weighted by Gasteiger charge is -2.17. The van der Waals surface area contributed by atoms with Gasteiger partial charge in [0, 0.05) is 12.1 Å². The topological polar surface area (TPSA) is 49.3 Å². The summed E-state index contributed by atoms with van der Waals surface area (Å²) in [5.74, 6) is -0.156. The van der Waals surface area contributed by atoms with Crippen LogP contribution in [0, 0.1) is 0 Å². The first-order chi connectivity index (χ1) is 10.6. The second-order valence-corrected chi connectivity index (χ2v) is 5.32. The van der Waals surface area contributed by atoms with Gasteiger partial charge in [-0.3, -0.25) is 4.79 Å². The number of rotatable bonds is 6. The third-order valence-electron chi connectivity index (χ3n) is 3.38. The van der Waals surface area contributed by atoms with Gasteiger partial charge in [0.2, 0.25) is 5.91 Å². The van der Waals surface area contributed by atoms with Gasteiger partial charge in [-0.1, -0.05) is 60.7 Å². The Morgan fingerprint density at radius 2 is 1.68 bits per heavy atom. The second kappa shape index (κ2) is 8.15. The summed E-state index contributed by atoms with van der Waals surface area (Å²) >= 11 is 0. The Kier molecular flexibility index (Phi) is 5.92. The quantitative estimate of drug-likeness (QED) is 0.803. The molecule has 2 N–H and O–H groups in total. The van der Waals surface area contributed by atoms with Crippen LogP contribution in [0.5, 0.6) is 0 Å². The van der Waals surface area contributed by atoms with E-state index in [1.165, 1.54) is 6.08 Å². The van der Waals surface area contributed by atoms with E-state index in [1.807, 2.05) is 67.6 Å². The minimum absolute atomic E-state index is 0.108. The number of amides is 1. The Hall–Kier alpha value is -2.39. The highest BCUT2D eigenvalue weighted by Crippen LogP contribution is 2.17. The Bertz CT molecular complexity index is 608. The SMILES string of the molecule is CC(CC(O)c1ccccc1)NC(=O)/C=C/c1ccccc1. The second-order valence-electron chi connectivity index (χ2n) is 5.32. The van der Waals surface area contributed by atoms with Gasteiger partial charge in [0.1, 0.15) is 0 Å². The minimum Gasteiger partial charge on any atom is -0.388 e. The molecule has 0 heterocycles. The lowest BCUT2D eigenvalue weighted by Crippen LogP contribution is -2.32. The molecule has 0 fully saturated rings. The summed E-state index contributed by atoms with van der Waals surface area (Å²) in [5.41, 5.74) is 1.85. The van der Waals surface area contributed by atoms with Crippen LogP contribution in [0.25, 0.3) is 6.08 Å².